The first kappa shape index (κ1) is 10.7. The fraction of sp³-hybridized carbons (Fsp3) is 0.125. The summed E-state index contributed by atoms with van der Waals surface area (Å²) in [6.45, 7) is 1.79. The Morgan fingerprint density at radius 2 is 2.21 bits per heavy atom. The van der Waals surface area contributed by atoms with E-state index in [0.717, 1.165) is 5.56 Å². The molecule has 1 rings (SSSR count). The molecule has 0 aliphatic rings. The van der Waals surface area contributed by atoms with Crippen LogP contribution >= 0.6 is 0 Å². The molecule has 0 fully saturated rings. The van der Waals surface area contributed by atoms with E-state index >= 15 is 0 Å². The van der Waals surface area contributed by atoms with Crippen molar-refractivity contribution in [2.24, 2.45) is 0 Å². The van der Waals surface area contributed by atoms with Gasteiger partial charge in [-0.25, -0.2) is 4.79 Å². The smallest absolute Gasteiger partial charge is 0.360 e. The fourth-order valence-corrected chi connectivity index (χ4v) is 1.11. The zero-order chi connectivity index (χ0) is 10.7. The van der Waals surface area contributed by atoms with Crippen LogP contribution in [0.15, 0.2) is 18.2 Å². The molecule has 1 aromatic rings. The number of carbonyl (C=O) groups excluding carboxylic acids is 1. The second-order valence-corrected chi connectivity index (χ2v) is 3.26. The summed E-state index contributed by atoms with van der Waals surface area (Å²) in [5.41, 5.74) is 6.95. The van der Waals surface area contributed by atoms with Crippen LogP contribution in [0.25, 0.3) is 0 Å². The van der Waals surface area contributed by atoms with Crippen LogP contribution in [0.4, 0.5) is 5.69 Å². The molecule has 0 aromatic heterocycles. The van der Waals surface area contributed by atoms with E-state index in [0.29, 0.717) is 5.69 Å². The summed E-state index contributed by atoms with van der Waals surface area (Å²) in [6.07, 6.45) is 0. The Bertz CT molecular complexity index is 391. The lowest BCUT2D eigenvalue weighted by Gasteiger charge is -2.02. The summed E-state index contributed by atoms with van der Waals surface area (Å²) in [7, 11) is 0. The molecule has 0 radical (unpaired) electrons. The summed E-state index contributed by atoms with van der Waals surface area (Å²) in [4.78, 5) is 11.1. The SMILES string of the molecule is Cc1ccc(C(=O)OS(=O)O)cc1N. The molecule has 0 bridgehead atoms. The van der Waals surface area contributed by atoms with Crippen molar-refractivity contribution in [3.8, 4) is 0 Å². The van der Waals surface area contributed by atoms with Crippen molar-refractivity contribution < 1.29 is 17.7 Å². The van der Waals surface area contributed by atoms with E-state index < -0.39 is 17.3 Å². The lowest BCUT2D eigenvalue weighted by atomic mass is 10.1. The number of hydrogen-bond acceptors (Lipinski definition) is 4. The highest BCUT2D eigenvalue weighted by Gasteiger charge is 2.10. The van der Waals surface area contributed by atoms with Crippen LogP contribution in [0.5, 0.6) is 0 Å². The maximum Gasteiger partial charge on any atom is 0.360 e. The minimum Gasteiger partial charge on any atom is -0.398 e. The van der Waals surface area contributed by atoms with E-state index in [2.05, 4.69) is 4.18 Å². The maximum absolute atomic E-state index is 11.1. The zero-order valence-electron chi connectivity index (χ0n) is 7.39. The third kappa shape index (κ3) is 2.54. The van der Waals surface area contributed by atoms with E-state index in [1.54, 1.807) is 13.0 Å². The molecule has 1 aromatic carbocycles. The van der Waals surface area contributed by atoms with Crippen molar-refractivity contribution in [1.82, 2.24) is 0 Å². The van der Waals surface area contributed by atoms with Crippen LogP contribution in [0, 0.1) is 6.92 Å². The van der Waals surface area contributed by atoms with Crippen molar-refractivity contribution in [2.75, 3.05) is 5.73 Å². The normalized spacial score (nSPS) is 12.1. The minimum absolute atomic E-state index is 0.149. The topological polar surface area (TPSA) is 89.6 Å². The standard InChI is InChI=1S/C8H9NO4S/c1-5-2-3-6(4-7(5)9)8(10)13-14(11)12/h2-4H,9H2,1H3,(H,11,12). The molecule has 5 nitrogen and oxygen atoms in total. The van der Waals surface area contributed by atoms with Gasteiger partial charge in [0.15, 0.2) is 0 Å². The molecule has 14 heavy (non-hydrogen) atoms. The largest absolute Gasteiger partial charge is 0.398 e. The first-order valence-corrected chi connectivity index (χ1v) is 4.73. The lowest BCUT2D eigenvalue weighted by molar-refractivity contribution is 0.0743. The molecule has 0 heterocycles. The average Bonchev–Trinajstić information content (AvgIpc) is 2.08. The van der Waals surface area contributed by atoms with Gasteiger partial charge < -0.3 is 9.92 Å². The number of benzene rings is 1. The molecule has 1 unspecified atom stereocenters. The number of hydrogen-bond donors (Lipinski definition) is 2. The monoisotopic (exact) mass is 215 g/mol. The Morgan fingerprint density at radius 1 is 1.57 bits per heavy atom. The lowest BCUT2D eigenvalue weighted by Crippen LogP contribution is -2.07. The van der Waals surface area contributed by atoms with Gasteiger partial charge in [-0.1, -0.05) is 6.07 Å². The summed E-state index contributed by atoms with van der Waals surface area (Å²) >= 11 is -2.60. The van der Waals surface area contributed by atoms with Crippen LogP contribution < -0.4 is 5.73 Å². The highest BCUT2D eigenvalue weighted by Crippen LogP contribution is 2.13. The zero-order valence-corrected chi connectivity index (χ0v) is 8.21. The van der Waals surface area contributed by atoms with E-state index in [-0.39, 0.29) is 5.56 Å². The summed E-state index contributed by atoms with van der Waals surface area (Å²) in [6, 6.07) is 4.50. The number of aryl methyl sites for hydroxylation is 1. The van der Waals surface area contributed by atoms with Crippen LogP contribution in [0.2, 0.25) is 0 Å². The summed E-state index contributed by atoms with van der Waals surface area (Å²) in [5.74, 6) is -0.877. The van der Waals surface area contributed by atoms with E-state index in [1.807, 2.05) is 0 Å². The van der Waals surface area contributed by atoms with Gasteiger partial charge >= 0.3 is 17.3 Å². The Hall–Kier alpha value is -1.40. The van der Waals surface area contributed by atoms with Gasteiger partial charge in [0.05, 0.1) is 5.56 Å². The van der Waals surface area contributed by atoms with Gasteiger partial charge in [0.1, 0.15) is 0 Å². The minimum atomic E-state index is -2.60. The molecule has 0 aliphatic heterocycles. The van der Waals surface area contributed by atoms with Crippen molar-refractivity contribution >= 4 is 23.0 Å². The molecular weight excluding hydrogens is 206 g/mol. The maximum atomic E-state index is 11.1. The number of nitrogen functional groups attached to an aromatic ring is 1. The number of nitrogens with two attached hydrogens (primary N) is 1. The third-order valence-electron chi connectivity index (χ3n) is 1.66. The van der Waals surface area contributed by atoms with Crippen LogP contribution in [-0.4, -0.2) is 14.7 Å². The van der Waals surface area contributed by atoms with Crippen LogP contribution in [-0.2, 0) is 15.5 Å². The van der Waals surface area contributed by atoms with E-state index in [9.17, 15) is 9.00 Å². The molecule has 6 heteroatoms. The van der Waals surface area contributed by atoms with Gasteiger partial charge in [0.2, 0.25) is 0 Å². The molecule has 0 saturated carbocycles. The molecule has 0 spiro atoms. The van der Waals surface area contributed by atoms with E-state index in [4.69, 9.17) is 10.3 Å². The molecule has 3 N–H and O–H groups in total. The molecular formula is C8H9NO4S. The van der Waals surface area contributed by atoms with Gasteiger partial charge in [-0.2, -0.15) is 4.21 Å². The van der Waals surface area contributed by atoms with Crippen molar-refractivity contribution in [3.63, 3.8) is 0 Å². The van der Waals surface area contributed by atoms with Crippen molar-refractivity contribution in [3.05, 3.63) is 29.3 Å². The molecule has 0 saturated heterocycles. The molecule has 76 valence electrons. The van der Waals surface area contributed by atoms with Gasteiger partial charge in [-0.15, -0.1) is 0 Å². The van der Waals surface area contributed by atoms with Crippen molar-refractivity contribution in [1.29, 1.82) is 0 Å². The second kappa shape index (κ2) is 4.21. The van der Waals surface area contributed by atoms with Gasteiger partial charge in [0, 0.05) is 5.69 Å². The Morgan fingerprint density at radius 3 is 2.71 bits per heavy atom. The Balaban J connectivity index is 2.91. The van der Waals surface area contributed by atoms with Crippen molar-refractivity contribution in [2.45, 2.75) is 6.92 Å². The van der Waals surface area contributed by atoms with Gasteiger partial charge in [-0.05, 0) is 24.6 Å². The first-order chi connectivity index (χ1) is 6.50. The Kier molecular flexibility index (Phi) is 3.21. The quantitative estimate of drug-likeness (QED) is 0.564. The number of carbonyl (C=O) groups is 1. The number of rotatable bonds is 2. The molecule has 0 aliphatic carbocycles. The molecule has 1 atom stereocenters. The third-order valence-corrected chi connectivity index (χ3v) is 1.96. The molecule has 0 amide bonds. The summed E-state index contributed by atoms with van der Waals surface area (Å²) in [5, 5.41) is 0. The number of anilines is 1. The average molecular weight is 215 g/mol. The predicted octanol–water partition coefficient (Wildman–Crippen LogP) is 0.871. The van der Waals surface area contributed by atoms with E-state index in [1.165, 1.54) is 12.1 Å². The highest BCUT2D eigenvalue weighted by atomic mass is 32.2. The predicted molar refractivity (Wildman–Crippen MR) is 51.8 cm³/mol. The second-order valence-electron chi connectivity index (χ2n) is 2.66. The summed E-state index contributed by atoms with van der Waals surface area (Å²) < 4.78 is 22.5. The fourth-order valence-electron chi connectivity index (χ4n) is 0.880. The van der Waals surface area contributed by atoms with Gasteiger partial charge in [0.25, 0.3) is 0 Å². The Labute approximate surface area is 83.4 Å². The van der Waals surface area contributed by atoms with Crippen LogP contribution in [0.1, 0.15) is 15.9 Å². The van der Waals surface area contributed by atoms with Crippen LogP contribution in [0.3, 0.4) is 0 Å². The van der Waals surface area contributed by atoms with Gasteiger partial charge in [-0.3, -0.25) is 4.55 Å². The first-order valence-electron chi connectivity index (χ1n) is 3.70. The highest BCUT2D eigenvalue weighted by molar-refractivity contribution is 7.74.